The summed E-state index contributed by atoms with van der Waals surface area (Å²) in [7, 11) is 0. The molecule has 0 saturated heterocycles. The molecule has 0 fully saturated rings. The van der Waals surface area contributed by atoms with E-state index in [0.717, 1.165) is 6.07 Å². The van der Waals surface area contributed by atoms with Crippen LogP contribution in [0.15, 0.2) is 46.9 Å². The third kappa shape index (κ3) is 3.71. The normalized spacial score (nSPS) is 9.68. The molecule has 0 aliphatic rings. The second-order valence-corrected chi connectivity index (χ2v) is 5.14. The Morgan fingerprint density at radius 1 is 1.18 bits per heavy atom. The van der Waals surface area contributed by atoms with Gasteiger partial charge in [0.25, 0.3) is 5.91 Å². The Morgan fingerprint density at radius 3 is 2.59 bits per heavy atom. The molecule has 0 aliphatic heterocycles. The SMILES string of the molecule is C#Cc1ccccc1NC(=O)NC(=O)c1ccc(Br)cc1F. The number of benzene rings is 2. The van der Waals surface area contributed by atoms with Gasteiger partial charge in [0.05, 0.1) is 11.3 Å². The Hall–Kier alpha value is -2.65. The van der Waals surface area contributed by atoms with Crippen LogP contribution in [-0.4, -0.2) is 11.9 Å². The molecule has 0 bridgehead atoms. The summed E-state index contributed by atoms with van der Waals surface area (Å²) < 4.78 is 14.1. The van der Waals surface area contributed by atoms with Gasteiger partial charge in [0, 0.05) is 10.0 Å². The molecule has 0 atom stereocenters. The topological polar surface area (TPSA) is 58.2 Å². The number of carbonyl (C=O) groups is 2. The number of para-hydroxylation sites is 1. The Labute approximate surface area is 134 Å². The van der Waals surface area contributed by atoms with Crippen molar-refractivity contribution in [2.75, 3.05) is 5.32 Å². The van der Waals surface area contributed by atoms with Gasteiger partial charge in [-0.05, 0) is 30.3 Å². The van der Waals surface area contributed by atoms with Crippen molar-refractivity contribution in [3.63, 3.8) is 0 Å². The molecule has 0 radical (unpaired) electrons. The summed E-state index contributed by atoms with van der Waals surface area (Å²) >= 11 is 3.09. The second-order valence-electron chi connectivity index (χ2n) is 4.22. The molecule has 0 unspecified atom stereocenters. The molecule has 0 aromatic heterocycles. The van der Waals surface area contributed by atoms with Crippen molar-refractivity contribution in [2.45, 2.75) is 0 Å². The lowest BCUT2D eigenvalue weighted by Gasteiger charge is -2.09. The number of terminal acetylenes is 1. The lowest BCUT2D eigenvalue weighted by Crippen LogP contribution is -2.35. The van der Waals surface area contributed by atoms with E-state index in [9.17, 15) is 14.0 Å². The van der Waals surface area contributed by atoms with Gasteiger partial charge in [0.1, 0.15) is 5.82 Å². The smallest absolute Gasteiger partial charge is 0.306 e. The maximum atomic E-state index is 13.6. The minimum absolute atomic E-state index is 0.233. The Kier molecular flexibility index (Phi) is 4.92. The Balaban J connectivity index is 2.09. The Bertz CT molecular complexity index is 784. The van der Waals surface area contributed by atoms with E-state index in [-0.39, 0.29) is 5.56 Å². The fourth-order valence-corrected chi connectivity index (χ4v) is 2.05. The van der Waals surface area contributed by atoms with Crippen LogP contribution in [0.25, 0.3) is 0 Å². The standard InChI is InChI=1S/C16H10BrFN2O2/c1-2-10-5-3-4-6-14(10)19-16(22)20-15(21)12-8-7-11(17)9-13(12)18/h1,3-9H,(H2,19,20,21,22). The van der Waals surface area contributed by atoms with E-state index < -0.39 is 17.8 Å². The average Bonchev–Trinajstić information content (AvgIpc) is 2.47. The molecule has 2 N–H and O–H groups in total. The van der Waals surface area contributed by atoms with E-state index in [4.69, 9.17) is 6.42 Å². The van der Waals surface area contributed by atoms with Crippen molar-refractivity contribution >= 4 is 33.6 Å². The second kappa shape index (κ2) is 6.87. The molecule has 22 heavy (non-hydrogen) atoms. The van der Waals surface area contributed by atoms with Crippen LogP contribution in [0.4, 0.5) is 14.9 Å². The highest BCUT2D eigenvalue weighted by Crippen LogP contribution is 2.16. The minimum Gasteiger partial charge on any atom is -0.306 e. The van der Waals surface area contributed by atoms with Crippen LogP contribution in [0.5, 0.6) is 0 Å². The molecular weight excluding hydrogens is 351 g/mol. The van der Waals surface area contributed by atoms with Gasteiger partial charge in [0.2, 0.25) is 0 Å². The highest BCUT2D eigenvalue weighted by Gasteiger charge is 2.15. The summed E-state index contributed by atoms with van der Waals surface area (Å²) in [6.07, 6.45) is 5.31. The summed E-state index contributed by atoms with van der Waals surface area (Å²) in [6.45, 7) is 0. The third-order valence-corrected chi connectivity index (χ3v) is 3.23. The number of hydrogen-bond acceptors (Lipinski definition) is 2. The number of carbonyl (C=O) groups excluding carboxylic acids is 2. The van der Waals surface area contributed by atoms with Crippen LogP contribution < -0.4 is 10.6 Å². The van der Waals surface area contributed by atoms with Crippen molar-refractivity contribution in [3.05, 3.63) is 63.9 Å². The number of rotatable bonds is 2. The Morgan fingerprint density at radius 2 is 1.91 bits per heavy atom. The van der Waals surface area contributed by atoms with E-state index in [2.05, 4.69) is 27.2 Å². The van der Waals surface area contributed by atoms with Crippen molar-refractivity contribution in [3.8, 4) is 12.3 Å². The first-order chi connectivity index (χ1) is 10.5. The van der Waals surface area contributed by atoms with Gasteiger partial charge in [-0.2, -0.15) is 0 Å². The van der Waals surface area contributed by atoms with Crippen molar-refractivity contribution in [1.29, 1.82) is 0 Å². The predicted octanol–water partition coefficient (Wildman–Crippen LogP) is 3.53. The minimum atomic E-state index is -0.847. The summed E-state index contributed by atoms with van der Waals surface area (Å²) in [4.78, 5) is 23.7. The van der Waals surface area contributed by atoms with Crippen molar-refractivity contribution in [2.24, 2.45) is 0 Å². The van der Waals surface area contributed by atoms with E-state index in [0.29, 0.717) is 15.7 Å². The summed E-state index contributed by atoms with van der Waals surface area (Å²) in [5, 5.41) is 4.49. The van der Waals surface area contributed by atoms with Crippen LogP contribution in [0.1, 0.15) is 15.9 Å². The average molecular weight is 361 g/mol. The monoisotopic (exact) mass is 360 g/mol. The molecule has 2 aromatic rings. The highest BCUT2D eigenvalue weighted by atomic mass is 79.9. The van der Waals surface area contributed by atoms with Crippen LogP contribution in [0.2, 0.25) is 0 Å². The van der Waals surface area contributed by atoms with Gasteiger partial charge in [-0.3, -0.25) is 10.1 Å². The first kappa shape index (κ1) is 15.7. The van der Waals surface area contributed by atoms with Crippen molar-refractivity contribution in [1.82, 2.24) is 5.32 Å². The van der Waals surface area contributed by atoms with E-state index in [1.54, 1.807) is 24.3 Å². The summed E-state index contributed by atoms with van der Waals surface area (Å²) in [5.74, 6) is 0.829. The molecule has 6 heteroatoms. The molecule has 0 aliphatic carbocycles. The molecule has 0 heterocycles. The van der Waals surface area contributed by atoms with Crippen LogP contribution >= 0.6 is 15.9 Å². The number of hydrogen-bond donors (Lipinski definition) is 2. The number of amides is 3. The molecule has 0 saturated carbocycles. The predicted molar refractivity (Wildman–Crippen MR) is 85.0 cm³/mol. The first-order valence-electron chi connectivity index (χ1n) is 6.14. The van der Waals surface area contributed by atoms with E-state index in [1.807, 2.05) is 5.32 Å². The quantitative estimate of drug-likeness (QED) is 0.804. The molecule has 110 valence electrons. The number of nitrogens with one attached hydrogen (secondary N) is 2. The van der Waals surface area contributed by atoms with Gasteiger partial charge in [-0.15, -0.1) is 6.42 Å². The largest absolute Gasteiger partial charge is 0.326 e. The maximum absolute atomic E-state index is 13.6. The molecule has 2 aromatic carbocycles. The zero-order valence-corrected chi connectivity index (χ0v) is 12.8. The first-order valence-corrected chi connectivity index (χ1v) is 6.93. The molecule has 2 rings (SSSR count). The summed E-state index contributed by atoms with van der Waals surface area (Å²) in [5.41, 5.74) is 0.620. The van der Waals surface area contributed by atoms with Gasteiger partial charge in [0.15, 0.2) is 0 Å². The zero-order chi connectivity index (χ0) is 16.1. The lowest BCUT2D eigenvalue weighted by molar-refractivity contribution is 0.0963. The highest BCUT2D eigenvalue weighted by molar-refractivity contribution is 9.10. The van der Waals surface area contributed by atoms with Gasteiger partial charge < -0.3 is 5.32 Å². The van der Waals surface area contributed by atoms with Crippen LogP contribution in [0.3, 0.4) is 0 Å². The fraction of sp³-hybridized carbons (Fsp3) is 0. The fourth-order valence-electron chi connectivity index (χ4n) is 1.72. The van der Waals surface area contributed by atoms with Gasteiger partial charge >= 0.3 is 6.03 Å². The lowest BCUT2D eigenvalue weighted by atomic mass is 10.2. The van der Waals surface area contributed by atoms with Crippen LogP contribution in [0, 0.1) is 18.2 Å². The van der Waals surface area contributed by atoms with Crippen molar-refractivity contribution < 1.29 is 14.0 Å². The number of urea groups is 1. The molecule has 4 nitrogen and oxygen atoms in total. The van der Waals surface area contributed by atoms with E-state index in [1.165, 1.54) is 12.1 Å². The number of halogens is 2. The zero-order valence-electron chi connectivity index (χ0n) is 11.2. The maximum Gasteiger partial charge on any atom is 0.326 e. The third-order valence-electron chi connectivity index (χ3n) is 2.73. The molecule has 0 spiro atoms. The summed E-state index contributed by atoms with van der Waals surface area (Å²) in [6, 6.07) is 9.77. The molecular formula is C16H10BrFN2O2. The van der Waals surface area contributed by atoms with Crippen LogP contribution in [-0.2, 0) is 0 Å². The van der Waals surface area contributed by atoms with E-state index >= 15 is 0 Å². The number of imide groups is 1. The van der Waals surface area contributed by atoms with Gasteiger partial charge in [-0.25, -0.2) is 9.18 Å². The molecule has 3 amide bonds. The number of anilines is 1. The van der Waals surface area contributed by atoms with Gasteiger partial charge in [-0.1, -0.05) is 34.0 Å².